The number of carbonyl (C=O) groups excluding carboxylic acids is 2. The number of aromatic nitrogens is 2. The molecule has 1 saturated heterocycles. The SMILES string of the molecule is [2H][C@@]1(n2c(C)nc3ccc(N)cc3c2=O)CCC(=O)NC1=O. The number of nitrogens with zero attached hydrogens (tertiary/aromatic N) is 2. The first kappa shape index (κ1) is 12.1. The van der Waals surface area contributed by atoms with Gasteiger partial charge in [0.05, 0.1) is 12.3 Å². The highest BCUT2D eigenvalue weighted by Gasteiger charge is 2.30. The third-order valence-corrected chi connectivity index (χ3v) is 3.43. The molecule has 1 aromatic carbocycles. The van der Waals surface area contributed by atoms with E-state index in [0.717, 1.165) is 4.57 Å². The molecule has 2 amide bonds. The summed E-state index contributed by atoms with van der Waals surface area (Å²) in [6, 6.07) is 2.82. The molecular weight excluding hydrogens is 272 g/mol. The van der Waals surface area contributed by atoms with Gasteiger partial charge in [-0.25, -0.2) is 4.98 Å². The summed E-state index contributed by atoms with van der Waals surface area (Å²) in [4.78, 5) is 40.4. The van der Waals surface area contributed by atoms with Crippen LogP contribution in [0.15, 0.2) is 23.0 Å². The Labute approximate surface area is 121 Å². The lowest BCUT2D eigenvalue weighted by Gasteiger charge is -2.24. The minimum atomic E-state index is -1.89. The molecule has 3 rings (SSSR count). The van der Waals surface area contributed by atoms with Crippen molar-refractivity contribution in [3.05, 3.63) is 34.4 Å². The van der Waals surface area contributed by atoms with Crippen molar-refractivity contribution < 1.29 is 11.0 Å². The highest BCUT2D eigenvalue weighted by Crippen LogP contribution is 2.20. The zero-order valence-electron chi connectivity index (χ0n) is 12.3. The molecular formula is C14H14N4O3. The van der Waals surface area contributed by atoms with E-state index in [2.05, 4.69) is 10.3 Å². The minimum Gasteiger partial charge on any atom is -0.399 e. The van der Waals surface area contributed by atoms with Crippen LogP contribution in [0, 0.1) is 6.92 Å². The summed E-state index contributed by atoms with van der Waals surface area (Å²) in [7, 11) is 0. The van der Waals surface area contributed by atoms with Crippen molar-refractivity contribution >= 4 is 28.4 Å². The quantitative estimate of drug-likeness (QED) is 0.578. The molecule has 1 atom stereocenters. The molecule has 3 N–H and O–H groups in total. The number of imide groups is 1. The van der Waals surface area contributed by atoms with Gasteiger partial charge in [0.1, 0.15) is 11.8 Å². The van der Waals surface area contributed by atoms with Crippen LogP contribution in [0.4, 0.5) is 5.69 Å². The lowest BCUT2D eigenvalue weighted by molar-refractivity contribution is -0.135. The standard InChI is InChI=1S/C14H14N4O3/c1-7-16-10-3-2-8(15)6-9(10)14(21)18(7)11-4-5-12(19)17-13(11)20/h2-3,6,11H,4-5,15H2,1H3,(H,17,19,20)/t11-/m1/s1/i11D. The Morgan fingerprint density at radius 3 is 2.90 bits per heavy atom. The number of piperidine rings is 1. The maximum Gasteiger partial charge on any atom is 0.262 e. The number of rotatable bonds is 1. The van der Waals surface area contributed by atoms with Crippen LogP contribution >= 0.6 is 0 Å². The second-order valence-corrected chi connectivity index (χ2v) is 4.90. The van der Waals surface area contributed by atoms with E-state index in [-0.39, 0.29) is 24.1 Å². The van der Waals surface area contributed by atoms with Crippen LogP contribution in [0.3, 0.4) is 0 Å². The van der Waals surface area contributed by atoms with Crippen LogP contribution in [-0.4, -0.2) is 21.4 Å². The van der Waals surface area contributed by atoms with Crippen LogP contribution in [-0.2, 0) is 9.59 Å². The van der Waals surface area contributed by atoms with Crippen molar-refractivity contribution in [1.29, 1.82) is 0 Å². The van der Waals surface area contributed by atoms with Gasteiger partial charge in [0.25, 0.3) is 5.56 Å². The number of benzene rings is 1. The number of fused-ring (bicyclic) bond motifs is 1. The van der Waals surface area contributed by atoms with Crippen LogP contribution in [0.5, 0.6) is 0 Å². The number of nitrogens with two attached hydrogens (primary N) is 1. The summed E-state index contributed by atoms with van der Waals surface area (Å²) in [5.41, 5.74) is 6.01. The molecule has 1 fully saturated rings. The lowest BCUT2D eigenvalue weighted by Crippen LogP contribution is -2.45. The second-order valence-electron chi connectivity index (χ2n) is 4.90. The highest BCUT2D eigenvalue weighted by molar-refractivity contribution is 5.99. The number of amides is 2. The van der Waals surface area contributed by atoms with E-state index in [9.17, 15) is 14.4 Å². The van der Waals surface area contributed by atoms with Crippen LogP contribution < -0.4 is 16.6 Å². The van der Waals surface area contributed by atoms with Gasteiger partial charge in [0.2, 0.25) is 11.8 Å². The number of carbonyl (C=O) groups is 2. The number of aryl methyl sites for hydroxylation is 1. The molecule has 0 radical (unpaired) electrons. The Morgan fingerprint density at radius 1 is 1.43 bits per heavy atom. The number of hydrogen-bond acceptors (Lipinski definition) is 5. The summed E-state index contributed by atoms with van der Waals surface area (Å²) in [6.45, 7) is 1.55. The molecule has 7 nitrogen and oxygen atoms in total. The number of hydrogen-bond donors (Lipinski definition) is 2. The Hall–Kier alpha value is -2.70. The smallest absolute Gasteiger partial charge is 0.262 e. The molecule has 7 heteroatoms. The summed E-state index contributed by atoms with van der Waals surface area (Å²) >= 11 is 0. The maximum absolute atomic E-state index is 12.7. The molecule has 0 unspecified atom stereocenters. The lowest BCUT2D eigenvalue weighted by atomic mass is 10.1. The highest BCUT2D eigenvalue weighted by atomic mass is 16.2. The Morgan fingerprint density at radius 2 is 2.19 bits per heavy atom. The van der Waals surface area contributed by atoms with Crippen molar-refractivity contribution in [2.75, 3.05) is 5.73 Å². The largest absolute Gasteiger partial charge is 0.399 e. The van der Waals surface area contributed by atoms with E-state index in [1.54, 1.807) is 19.1 Å². The van der Waals surface area contributed by atoms with Gasteiger partial charge >= 0.3 is 0 Å². The van der Waals surface area contributed by atoms with Gasteiger partial charge in [0.15, 0.2) is 0 Å². The fourth-order valence-corrected chi connectivity index (χ4v) is 2.45. The van der Waals surface area contributed by atoms with E-state index >= 15 is 0 Å². The van der Waals surface area contributed by atoms with E-state index in [1.807, 2.05) is 0 Å². The average Bonchev–Trinajstić information content (AvgIpc) is 2.45. The van der Waals surface area contributed by atoms with Gasteiger partial charge in [-0.05, 0) is 31.5 Å². The van der Waals surface area contributed by atoms with E-state index < -0.39 is 23.4 Å². The van der Waals surface area contributed by atoms with E-state index in [1.165, 1.54) is 6.07 Å². The van der Waals surface area contributed by atoms with Crippen LogP contribution in [0.2, 0.25) is 0 Å². The molecule has 0 spiro atoms. The second kappa shape index (κ2) is 4.69. The first-order valence-electron chi connectivity index (χ1n) is 6.96. The predicted octanol–water partition coefficient (Wildman–Crippen LogP) is 0.265. The number of nitrogens with one attached hydrogen (secondary N) is 1. The van der Waals surface area contributed by atoms with Gasteiger partial charge < -0.3 is 5.73 Å². The topological polar surface area (TPSA) is 107 Å². The third-order valence-electron chi connectivity index (χ3n) is 3.43. The van der Waals surface area contributed by atoms with Crippen molar-refractivity contribution in [3.63, 3.8) is 0 Å². The van der Waals surface area contributed by atoms with Gasteiger partial charge in [-0.3, -0.25) is 24.3 Å². The van der Waals surface area contributed by atoms with E-state index in [0.29, 0.717) is 11.2 Å². The van der Waals surface area contributed by atoms with E-state index in [4.69, 9.17) is 7.10 Å². The zero-order chi connectivity index (χ0) is 16.1. The summed E-state index contributed by atoms with van der Waals surface area (Å²) in [5, 5.41) is 2.34. The molecule has 21 heavy (non-hydrogen) atoms. The van der Waals surface area contributed by atoms with Crippen molar-refractivity contribution in [3.8, 4) is 0 Å². The Bertz CT molecular complexity index is 876. The average molecular weight is 287 g/mol. The monoisotopic (exact) mass is 287 g/mol. The van der Waals surface area contributed by atoms with Crippen molar-refractivity contribution in [1.82, 2.24) is 14.9 Å². The van der Waals surface area contributed by atoms with Crippen LogP contribution in [0.25, 0.3) is 10.9 Å². The molecule has 0 saturated carbocycles. The van der Waals surface area contributed by atoms with Gasteiger partial charge in [-0.1, -0.05) is 0 Å². The predicted molar refractivity (Wildman–Crippen MR) is 76.6 cm³/mol. The molecule has 1 aliphatic rings. The zero-order valence-corrected chi connectivity index (χ0v) is 11.3. The first-order valence-corrected chi connectivity index (χ1v) is 6.46. The minimum absolute atomic E-state index is 0.00388. The molecule has 2 heterocycles. The Balaban J connectivity index is 2.29. The van der Waals surface area contributed by atoms with Gasteiger partial charge in [-0.2, -0.15) is 0 Å². The maximum atomic E-state index is 12.7. The van der Waals surface area contributed by atoms with Gasteiger partial charge in [-0.15, -0.1) is 0 Å². The summed E-state index contributed by atoms with van der Waals surface area (Å²) < 4.78 is 9.42. The fourth-order valence-electron chi connectivity index (χ4n) is 2.45. The third kappa shape index (κ3) is 2.16. The molecule has 2 aromatic rings. The van der Waals surface area contributed by atoms with Crippen molar-refractivity contribution in [2.24, 2.45) is 0 Å². The molecule has 108 valence electrons. The number of nitrogen functional groups attached to an aromatic ring is 1. The fraction of sp³-hybridized carbons (Fsp3) is 0.286. The molecule has 1 aromatic heterocycles. The molecule has 1 aliphatic heterocycles. The molecule has 0 bridgehead atoms. The normalized spacial score (nSPS) is 23.0. The number of anilines is 1. The van der Waals surface area contributed by atoms with Crippen molar-refractivity contribution in [2.45, 2.75) is 25.8 Å². The first-order chi connectivity index (χ1) is 10.3. The van der Waals surface area contributed by atoms with Crippen LogP contribution in [0.1, 0.15) is 26.1 Å². The Kier molecular flexibility index (Phi) is 2.70. The molecule has 0 aliphatic carbocycles. The van der Waals surface area contributed by atoms with Gasteiger partial charge in [0, 0.05) is 12.1 Å². The summed E-state index contributed by atoms with van der Waals surface area (Å²) in [6.07, 6.45) is -0.0794. The summed E-state index contributed by atoms with van der Waals surface area (Å²) in [5.74, 6) is -1.03.